The first-order chi connectivity index (χ1) is 16.8. The van der Waals surface area contributed by atoms with Gasteiger partial charge in [-0.05, 0) is 45.3 Å². The summed E-state index contributed by atoms with van der Waals surface area (Å²) in [5, 5.41) is 11.5. The van der Waals surface area contributed by atoms with E-state index in [0.29, 0.717) is 49.1 Å². The first kappa shape index (κ1) is 22.9. The number of para-hydroxylation sites is 1. The molecule has 2 aromatic rings. The number of ether oxygens (including phenoxy) is 2. The molecule has 2 aromatic carbocycles. The van der Waals surface area contributed by atoms with Gasteiger partial charge >= 0.3 is 0 Å². The zero-order valence-electron chi connectivity index (χ0n) is 19.9. The third kappa shape index (κ3) is 3.22. The smallest absolute Gasteiger partial charge is 0.296 e. The van der Waals surface area contributed by atoms with Crippen LogP contribution in [0.5, 0.6) is 11.5 Å². The quantitative estimate of drug-likeness (QED) is 0.399. The van der Waals surface area contributed by atoms with Gasteiger partial charge in [-0.1, -0.05) is 18.2 Å². The molecule has 1 fully saturated rings. The van der Waals surface area contributed by atoms with E-state index >= 15 is 0 Å². The molecule has 9 nitrogen and oxygen atoms in total. The summed E-state index contributed by atoms with van der Waals surface area (Å²) in [5.74, 6) is -1.62. The third-order valence-electron chi connectivity index (χ3n) is 6.71. The van der Waals surface area contributed by atoms with Crippen LogP contribution < -0.4 is 14.4 Å². The molecule has 2 amide bonds. The summed E-state index contributed by atoms with van der Waals surface area (Å²) in [5.41, 5.74) is -0.603. The van der Waals surface area contributed by atoms with Crippen LogP contribution in [0.4, 0.5) is 5.69 Å². The molecule has 1 N–H and O–H groups in total. The topological polar surface area (TPSA) is 99.6 Å². The van der Waals surface area contributed by atoms with Crippen molar-refractivity contribution in [2.45, 2.75) is 12.5 Å². The van der Waals surface area contributed by atoms with Gasteiger partial charge in [0.25, 0.3) is 17.6 Å². The van der Waals surface area contributed by atoms with Crippen molar-refractivity contribution in [1.82, 2.24) is 9.80 Å². The van der Waals surface area contributed by atoms with E-state index in [1.54, 1.807) is 47.4 Å². The fourth-order valence-electron chi connectivity index (χ4n) is 5.12. The van der Waals surface area contributed by atoms with Crippen molar-refractivity contribution in [3.63, 3.8) is 0 Å². The average Bonchev–Trinajstić information content (AvgIpc) is 3.24. The zero-order valence-corrected chi connectivity index (χ0v) is 19.9. The summed E-state index contributed by atoms with van der Waals surface area (Å²) in [6, 6.07) is 11.9. The molecule has 35 heavy (non-hydrogen) atoms. The number of aliphatic hydroxyl groups is 1. The third-order valence-corrected chi connectivity index (χ3v) is 6.71. The minimum Gasteiger partial charge on any atom is -0.507 e. The molecule has 0 bridgehead atoms. The van der Waals surface area contributed by atoms with Crippen molar-refractivity contribution >= 4 is 29.0 Å². The van der Waals surface area contributed by atoms with Crippen molar-refractivity contribution < 1.29 is 29.0 Å². The van der Waals surface area contributed by atoms with Gasteiger partial charge < -0.3 is 29.3 Å². The highest BCUT2D eigenvalue weighted by Crippen LogP contribution is 2.53. The number of fused-ring (bicyclic) bond motifs is 3. The summed E-state index contributed by atoms with van der Waals surface area (Å²) in [7, 11) is 3.70. The number of anilines is 1. The normalized spacial score (nSPS) is 22.5. The number of hydrogen-bond donors (Lipinski definition) is 1. The number of ketones is 1. The molecule has 0 aliphatic carbocycles. The minimum absolute atomic E-state index is 0.132. The Morgan fingerprint density at radius 2 is 1.77 bits per heavy atom. The lowest BCUT2D eigenvalue weighted by molar-refractivity contribution is -0.143. The van der Waals surface area contributed by atoms with Crippen LogP contribution in [0.3, 0.4) is 0 Å². The van der Waals surface area contributed by atoms with Gasteiger partial charge in [-0.15, -0.1) is 0 Å². The van der Waals surface area contributed by atoms with Gasteiger partial charge in [-0.2, -0.15) is 0 Å². The van der Waals surface area contributed by atoms with E-state index in [-0.39, 0.29) is 17.7 Å². The second-order valence-electron chi connectivity index (χ2n) is 8.95. The Hall–Kier alpha value is -3.85. The van der Waals surface area contributed by atoms with Gasteiger partial charge in [0.2, 0.25) is 0 Å². The zero-order chi connectivity index (χ0) is 24.9. The molecule has 182 valence electrons. The molecule has 3 aliphatic heterocycles. The van der Waals surface area contributed by atoms with E-state index in [2.05, 4.69) is 0 Å². The van der Waals surface area contributed by atoms with Crippen LogP contribution in [0.2, 0.25) is 0 Å². The number of aliphatic hydroxyl groups excluding tert-OH is 1. The van der Waals surface area contributed by atoms with E-state index in [1.807, 2.05) is 25.9 Å². The minimum atomic E-state index is -1.76. The van der Waals surface area contributed by atoms with Gasteiger partial charge in [0.15, 0.2) is 17.0 Å². The van der Waals surface area contributed by atoms with Crippen LogP contribution in [-0.2, 0) is 19.9 Å². The monoisotopic (exact) mass is 477 g/mol. The SMILES string of the molecule is CCN1C(=O)[C@@]2(/C(=C(\O)c3ccc4c(c3)OCCO4)C(=O)C(=O)N2CCN(C)C)c2ccccc21. The second kappa shape index (κ2) is 8.42. The Morgan fingerprint density at radius 3 is 2.49 bits per heavy atom. The standard InChI is InChI=1S/C26H27N3O6/c1-4-28-18-8-6-5-7-17(18)26(25(28)33)21(23(31)24(32)29(26)12-11-27(2)3)22(30)16-9-10-19-20(15-16)35-14-13-34-19/h5-10,15,30H,4,11-14H2,1-3H3/b22-21-/t26-/m0/s1. The van der Waals surface area contributed by atoms with Crippen molar-refractivity contribution in [3.05, 3.63) is 59.2 Å². The highest BCUT2D eigenvalue weighted by Gasteiger charge is 2.66. The number of likely N-dealkylation sites (N-methyl/N-ethyl adjacent to an activating group) is 2. The van der Waals surface area contributed by atoms with Gasteiger partial charge in [0, 0.05) is 30.8 Å². The average molecular weight is 478 g/mol. The van der Waals surface area contributed by atoms with Gasteiger partial charge in [-0.3, -0.25) is 14.4 Å². The number of likely N-dealkylation sites (tertiary alicyclic amines) is 1. The van der Waals surface area contributed by atoms with Crippen molar-refractivity contribution in [2.24, 2.45) is 0 Å². The molecule has 3 heterocycles. The number of carbonyl (C=O) groups excluding carboxylic acids is 3. The Balaban J connectivity index is 1.78. The molecule has 3 aliphatic rings. The highest BCUT2D eigenvalue weighted by atomic mass is 16.6. The molecule has 1 saturated heterocycles. The van der Waals surface area contributed by atoms with Crippen LogP contribution in [0, 0.1) is 0 Å². The Morgan fingerprint density at radius 1 is 1.06 bits per heavy atom. The lowest BCUT2D eigenvalue weighted by Crippen LogP contribution is -2.53. The number of nitrogens with zero attached hydrogens (tertiary/aromatic N) is 3. The second-order valence-corrected chi connectivity index (χ2v) is 8.95. The number of benzene rings is 2. The molecule has 1 atom stereocenters. The van der Waals surface area contributed by atoms with Crippen LogP contribution in [0.1, 0.15) is 18.1 Å². The summed E-state index contributed by atoms with van der Waals surface area (Å²) in [4.78, 5) is 45.8. The summed E-state index contributed by atoms with van der Waals surface area (Å²) >= 11 is 0. The maximum atomic E-state index is 14.1. The Labute approximate surface area is 203 Å². The van der Waals surface area contributed by atoms with E-state index in [9.17, 15) is 19.5 Å². The van der Waals surface area contributed by atoms with Crippen LogP contribution >= 0.6 is 0 Å². The number of hydrogen-bond acceptors (Lipinski definition) is 7. The first-order valence-corrected chi connectivity index (χ1v) is 11.6. The van der Waals surface area contributed by atoms with Crippen molar-refractivity contribution in [3.8, 4) is 11.5 Å². The Kier molecular flexibility index (Phi) is 5.52. The maximum Gasteiger partial charge on any atom is 0.296 e. The lowest BCUT2D eigenvalue weighted by atomic mass is 9.82. The predicted octanol–water partition coefficient (Wildman–Crippen LogP) is 1.96. The van der Waals surface area contributed by atoms with Crippen LogP contribution in [0.15, 0.2) is 48.0 Å². The van der Waals surface area contributed by atoms with Gasteiger partial charge in [0.05, 0.1) is 11.3 Å². The van der Waals surface area contributed by atoms with E-state index < -0.39 is 28.9 Å². The summed E-state index contributed by atoms with van der Waals surface area (Å²) < 4.78 is 11.2. The van der Waals surface area contributed by atoms with Crippen molar-refractivity contribution in [2.75, 3.05) is 51.8 Å². The molecule has 5 rings (SSSR count). The van der Waals surface area contributed by atoms with E-state index in [4.69, 9.17) is 9.47 Å². The summed E-state index contributed by atoms with van der Waals surface area (Å²) in [6.07, 6.45) is 0. The maximum absolute atomic E-state index is 14.1. The molecular weight excluding hydrogens is 450 g/mol. The Bertz CT molecular complexity index is 1270. The molecular formula is C26H27N3O6. The summed E-state index contributed by atoms with van der Waals surface area (Å²) in [6.45, 7) is 3.51. The molecule has 0 aromatic heterocycles. The number of carbonyl (C=O) groups is 3. The lowest BCUT2D eigenvalue weighted by Gasteiger charge is -2.35. The molecule has 0 saturated carbocycles. The fraction of sp³-hybridized carbons (Fsp3) is 0.346. The van der Waals surface area contributed by atoms with Crippen LogP contribution in [-0.4, -0.2) is 79.4 Å². The number of Topliss-reactive ketones (excluding diaryl/α,β-unsaturated/α-hetero) is 1. The number of rotatable bonds is 5. The van der Waals surface area contributed by atoms with Gasteiger partial charge in [0.1, 0.15) is 19.0 Å². The molecule has 9 heteroatoms. The van der Waals surface area contributed by atoms with Gasteiger partial charge in [-0.25, -0.2) is 0 Å². The number of amides is 2. The van der Waals surface area contributed by atoms with Crippen LogP contribution in [0.25, 0.3) is 5.76 Å². The highest BCUT2D eigenvalue weighted by molar-refractivity contribution is 6.50. The fourth-order valence-corrected chi connectivity index (χ4v) is 5.12. The predicted molar refractivity (Wildman–Crippen MR) is 128 cm³/mol. The van der Waals surface area contributed by atoms with Crippen molar-refractivity contribution in [1.29, 1.82) is 0 Å². The molecule has 0 radical (unpaired) electrons. The molecule has 1 spiro atoms. The first-order valence-electron chi connectivity index (χ1n) is 11.6. The largest absolute Gasteiger partial charge is 0.507 e. The molecule has 0 unspecified atom stereocenters. The van der Waals surface area contributed by atoms with E-state index in [0.717, 1.165) is 0 Å². The van der Waals surface area contributed by atoms with E-state index in [1.165, 1.54) is 4.90 Å².